The van der Waals surface area contributed by atoms with E-state index in [0.717, 1.165) is 6.20 Å². The third-order valence-corrected chi connectivity index (χ3v) is 2.60. The van der Waals surface area contributed by atoms with Gasteiger partial charge in [-0.1, -0.05) is 0 Å². The zero-order valence-corrected chi connectivity index (χ0v) is 8.92. The number of rotatable bonds is 3. The molecule has 17 heavy (non-hydrogen) atoms. The number of nitrogens with zero attached hydrogens (tertiary/aromatic N) is 2. The number of amides is 1. The van der Waals surface area contributed by atoms with E-state index < -0.39 is 5.97 Å². The number of hydrogen-bond acceptors (Lipinski definition) is 4. The summed E-state index contributed by atoms with van der Waals surface area (Å²) in [6.45, 7) is 0.845. The number of nitrogens with one attached hydrogen (secondary N) is 1. The van der Waals surface area contributed by atoms with Gasteiger partial charge in [0.15, 0.2) is 0 Å². The number of aliphatic carboxylic acids is 1. The molecule has 1 aromatic rings. The van der Waals surface area contributed by atoms with Gasteiger partial charge in [0, 0.05) is 25.2 Å². The van der Waals surface area contributed by atoms with Crippen LogP contribution in [0.4, 0.5) is 0 Å². The maximum Gasteiger partial charge on any atom is 0.303 e. The maximum atomic E-state index is 11.8. The second-order valence-electron chi connectivity index (χ2n) is 3.97. The van der Waals surface area contributed by atoms with Crippen LogP contribution in [0.5, 0.6) is 0 Å². The van der Waals surface area contributed by atoms with Crippen molar-refractivity contribution in [2.45, 2.75) is 6.42 Å². The summed E-state index contributed by atoms with van der Waals surface area (Å²) < 4.78 is 0. The molecule has 0 aliphatic carbocycles. The lowest BCUT2D eigenvalue weighted by molar-refractivity contribution is -0.139. The third kappa shape index (κ3) is 2.49. The Labute approximate surface area is 96.1 Å². The van der Waals surface area contributed by atoms with Crippen LogP contribution in [-0.4, -0.2) is 44.9 Å². The van der Waals surface area contributed by atoms with Crippen LogP contribution in [0.3, 0.4) is 0 Å². The predicted molar refractivity (Wildman–Crippen MR) is 56.5 cm³/mol. The highest BCUT2D eigenvalue weighted by molar-refractivity contribution is 5.92. The van der Waals surface area contributed by atoms with Gasteiger partial charge < -0.3 is 15.0 Å². The van der Waals surface area contributed by atoms with Crippen molar-refractivity contribution in [1.29, 1.82) is 0 Å². The number of likely N-dealkylation sites (tertiary alicyclic amines) is 1. The summed E-state index contributed by atoms with van der Waals surface area (Å²) in [4.78, 5) is 40.5. The molecule has 1 aliphatic rings. The van der Waals surface area contributed by atoms with Crippen molar-refractivity contribution < 1.29 is 14.7 Å². The van der Waals surface area contributed by atoms with Crippen molar-refractivity contribution in [2.75, 3.05) is 13.1 Å². The van der Waals surface area contributed by atoms with Gasteiger partial charge in [0.05, 0.1) is 12.6 Å². The van der Waals surface area contributed by atoms with E-state index >= 15 is 0 Å². The van der Waals surface area contributed by atoms with E-state index in [2.05, 4.69) is 9.97 Å². The number of hydrogen-bond donors (Lipinski definition) is 2. The Kier molecular flexibility index (Phi) is 2.90. The molecule has 1 aromatic heterocycles. The monoisotopic (exact) mass is 237 g/mol. The lowest BCUT2D eigenvalue weighted by atomic mass is 9.96. The largest absolute Gasteiger partial charge is 0.481 e. The Bertz CT molecular complexity index is 484. The molecular formula is C10H11N3O4. The zero-order chi connectivity index (χ0) is 12.4. The normalized spacial score (nSPS) is 15.4. The Morgan fingerprint density at radius 1 is 1.53 bits per heavy atom. The fourth-order valence-electron chi connectivity index (χ4n) is 1.73. The molecule has 0 bridgehead atoms. The number of carbonyl (C=O) groups excluding carboxylic acids is 1. The van der Waals surface area contributed by atoms with Crippen molar-refractivity contribution >= 4 is 11.9 Å². The smallest absolute Gasteiger partial charge is 0.303 e. The molecule has 2 rings (SSSR count). The lowest BCUT2D eigenvalue weighted by Gasteiger charge is -2.38. The molecule has 2 heterocycles. The molecule has 1 saturated heterocycles. The molecule has 1 fully saturated rings. The zero-order valence-electron chi connectivity index (χ0n) is 8.92. The van der Waals surface area contributed by atoms with Crippen LogP contribution in [0.25, 0.3) is 0 Å². The summed E-state index contributed by atoms with van der Waals surface area (Å²) in [6.07, 6.45) is 2.37. The molecule has 0 radical (unpaired) electrons. The first-order chi connectivity index (χ1) is 8.06. The van der Waals surface area contributed by atoms with Crippen LogP contribution < -0.4 is 5.56 Å². The van der Waals surface area contributed by atoms with E-state index in [1.54, 1.807) is 0 Å². The van der Waals surface area contributed by atoms with Crippen molar-refractivity contribution in [1.82, 2.24) is 14.9 Å². The molecule has 0 unspecified atom stereocenters. The van der Waals surface area contributed by atoms with Gasteiger partial charge in [-0.15, -0.1) is 0 Å². The molecule has 1 aliphatic heterocycles. The van der Waals surface area contributed by atoms with Gasteiger partial charge in [-0.25, -0.2) is 4.98 Å². The first-order valence-corrected chi connectivity index (χ1v) is 5.12. The van der Waals surface area contributed by atoms with Gasteiger partial charge in [-0.3, -0.25) is 14.4 Å². The summed E-state index contributed by atoms with van der Waals surface area (Å²) in [7, 11) is 0. The number of aromatic amines is 1. The van der Waals surface area contributed by atoms with Gasteiger partial charge >= 0.3 is 5.97 Å². The van der Waals surface area contributed by atoms with Crippen molar-refractivity contribution in [2.24, 2.45) is 5.92 Å². The number of H-pyrrole nitrogens is 1. The molecule has 1 amide bonds. The molecule has 0 spiro atoms. The molecular weight excluding hydrogens is 226 g/mol. The van der Waals surface area contributed by atoms with Crippen LogP contribution in [0.1, 0.15) is 16.9 Å². The third-order valence-electron chi connectivity index (χ3n) is 2.60. The van der Waals surface area contributed by atoms with Crippen molar-refractivity contribution in [3.05, 3.63) is 28.4 Å². The molecule has 90 valence electrons. The summed E-state index contributed by atoms with van der Waals surface area (Å²) in [5.41, 5.74) is -0.202. The van der Waals surface area contributed by atoms with Gasteiger partial charge in [-0.05, 0) is 0 Å². The first kappa shape index (κ1) is 11.3. The maximum absolute atomic E-state index is 11.8. The topological polar surface area (TPSA) is 103 Å². The summed E-state index contributed by atoms with van der Waals surface area (Å²) >= 11 is 0. The first-order valence-electron chi connectivity index (χ1n) is 5.12. The van der Waals surface area contributed by atoms with Gasteiger partial charge in [-0.2, -0.15) is 0 Å². The van der Waals surface area contributed by atoms with Crippen LogP contribution in [0, 0.1) is 5.92 Å². The second-order valence-corrected chi connectivity index (χ2v) is 3.97. The molecule has 7 heteroatoms. The van der Waals surface area contributed by atoms with E-state index in [1.165, 1.54) is 11.1 Å². The van der Waals surface area contributed by atoms with Crippen molar-refractivity contribution in [3.63, 3.8) is 0 Å². The van der Waals surface area contributed by atoms with Gasteiger partial charge in [0.2, 0.25) is 0 Å². The van der Waals surface area contributed by atoms with E-state index in [0.29, 0.717) is 13.1 Å². The lowest BCUT2D eigenvalue weighted by Crippen LogP contribution is -2.50. The molecule has 2 N–H and O–H groups in total. The Balaban J connectivity index is 1.93. The van der Waals surface area contributed by atoms with Crippen LogP contribution in [-0.2, 0) is 4.79 Å². The Morgan fingerprint density at radius 3 is 2.76 bits per heavy atom. The van der Waals surface area contributed by atoms with Gasteiger partial charge in [0.25, 0.3) is 11.5 Å². The Morgan fingerprint density at radius 2 is 2.24 bits per heavy atom. The summed E-state index contributed by atoms with van der Waals surface area (Å²) in [6, 6.07) is 0. The highest BCUT2D eigenvalue weighted by Crippen LogP contribution is 2.20. The van der Waals surface area contributed by atoms with Crippen LogP contribution in [0.2, 0.25) is 0 Å². The number of carbonyl (C=O) groups is 2. The van der Waals surface area contributed by atoms with Crippen LogP contribution in [0.15, 0.2) is 17.2 Å². The van der Waals surface area contributed by atoms with E-state index in [4.69, 9.17) is 5.11 Å². The second kappa shape index (κ2) is 4.36. The van der Waals surface area contributed by atoms with Crippen LogP contribution >= 0.6 is 0 Å². The predicted octanol–water partition coefficient (Wildman–Crippen LogP) is -0.683. The highest BCUT2D eigenvalue weighted by Gasteiger charge is 2.32. The Hall–Kier alpha value is -2.18. The van der Waals surface area contributed by atoms with E-state index in [9.17, 15) is 14.4 Å². The molecule has 0 atom stereocenters. The minimum absolute atomic E-state index is 0.0132. The fourth-order valence-corrected chi connectivity index (χ4v) is 1.73. The molecule has 0 aromatic carbocycles. The van der Waals surface area contributed by atoms with Gasteiger partial charge in [0.1, 0.15) is 5.69 Å². The minimum atomic E-state index is -0.857. The SMILES string of the molecule is O=C(O)CC1CN(C(=O)c2c[nH]c(=O)cn2)C1. The molecule has 0 saturated carbocycles. The number of aromatic nitrogens is 2. The fraction of sp³-hybridized carbons (Fsp3) is 0.400. The minimum Gasteiger partial charge on any atom is -0.481 e. The van der Waals surface area contributed by atoms with E-state index in [-0.39, 0.29) is 29.5 Å². The number of carboxylic acid groups (broad SMARTS) is 1. The standard InChI is InChI=1S/C10H11N3O4/c14-8-3-11-7(2-12-8)10(17)13-4-6(5-13)1-9(15)16/h2-3,6H,1,4-5H2,(H,12,14)(H,15,16). The average Bonchev–Trinajstić information content (AvgIpc) is 2.23. The van der Waals surface area contributed by atoms with E-state index in [1.807, 2.05) is 0 Å². The average molecular weight is 237 g/mol. The quantitative estimate of drug-likeness (QED) is 0.724. The summed E-state index contributed by atoms with van der Waals surface area (Å²) in [5.74, 6) is -1.13. The number of carboxylic acids is 1. The highest BCUT2D eigenvalue weighted by atomic mass is 16.4. The molecule has 7 nitrogen and oxygen atoms in total. The van der Waals surface area contributed by atoms with Crippen molar-refractivity contribution in [3.8, 4) is 0 Å². The summed E-state index contributed by atoms with van der Waals surface area (Å²) in [5, 5.41) is 8.57.